The topological polar surface area (TPSA) is 61.2 Å². The first kappa shape index (κ1) is 16.9. The highest BCUT2D eigenvalue weighted by atomic mass is 16.2. The molecular formula is C24H20N2O2. The Bertz CT molecular complexity index is 988. The van der Waals surface area contributed by atoms with Crippen LogP contribution in [0.25, 0.3) is 0 Å². The van der Waals surface area contributed by atoms with Crippen LogP contribution in [0.3, 0.4) is 0 Å². The van der Waals surface area contributed by atoms with Crippen molar-refractivity contribution in [3.63, 3.8) is 0 Å². The Morgan fingerprint density at radius 3 is 2.00 bits per heavy atom. The van der Waals surface area contributed by atoms with Crippen LogP contribution in [0.4, 0.5) is 5.69 Å². The van der Waals surface area contributed by atoms with Gasteiger partial charge in [-0.25, -0.2) is 4.90 Å². The highest BCUT2D eigenvalue weighted by Gasteiger charge is 2.57. The molecule has 1 saturated heterocycles. The van der Waals surface area contributed by atoms with Gasteiger partial charge in [0.25, 0.3) is 0 Å². The molecular weight excluding hydrogens is 348 g/mol. The number of benzene rings is 2. The van der Waals surface area contributed by atoms with Gasteiger partial charge >= 0.3 is 0 Å². The standard InChI is InChI=1S/C24H20N2O2/c25-14-19(15-6-2-1-3-7-15)18-8-4-5-9-20(18)26-23(27)21-16-10-11-17(13-12-16)22(21)24(26)28/h1-11,16-17,19,21-22H,12-13H2. The zero-order chi connectivity index (χ0) is 19.3. The molecule has 6 rings (SSSR count). The molecule has 4 nitrogen and oxygen atoms in total. The molecule has 0 aromatic heterocycles. The van der Waals surface area contributed by atoms with E-state index in [0.29, 0.717) is 11.3 Å². The summed E-state index contributed by atoms with van der Waals surface area (Å²) in [5, 5.41) is 9.88. The first-order valence-corrected chi connectivity index (χ1v) is 9.80. The van der Waals surface area contributed by atoms with Gasteiger partial charge in [-0.1, -0.05) is 60.7 Å². The highest BCUT2D eigenvalue weighted by Crippen LogP contribution is 2.51. The van der Waals surface area contributed by atoms with Crippen LogP contribution < -0.4 is 4.90 Å². The largest absolute Gasteiger partial charge is 0.274 e. The van der Waals surface area contributed by atoms with Gasteiger partial charge < -0.3 is 0 Å². The average Bonchev–Trinajstić information content (AvgIpc) is 3.03. The van der Waals surface area contributed by atoms with Crippen LogP contribution in [0, 0.1) is 35.0 Å². The minimum Gasteiger partial charge on any atom is -0.274 e. The molecule has 28 heavy (non-hydrogen) atoms. The zero-order valence-electron chi connectivity index (χ0n) is 15.4. The van der Waals surface area contributed by atoms with E-state index in [2.05, 4.69) is 18.2 Å². The maximum Gasteiger partial charge on any atom is 0.238 e. The number of hydrogen-bond donors (Lipinski definition) is 0. The molecule has 2 fully saturated rings. The summed E-state index contributed by atoms with van der Waals surface area (Å²) in [4.78, 5) is 28.0. The second kappa shape index (κ2) is 6.45. The number of nitrogens with zero attached hydrogens (tertiary/aromatic N) is 2. The molecule has 2 bridgehead atoms. The van der Waals surface area contributed by atoms with Crippen LogP contribution in [0.15, 0.2) is 66.7 Å². The number of rotatable bonds is 3. The van der Waals surface area contributed by atoms with E-state index in [1.54, 1.807) is 6.07 Å². The third-order valence-corrected chi connectivity index (χ3v) is 6.51. The second-order valence-corrected chi connectivity index (χ2v) is 7.89. The summed E-state index contributed by atoms with van der Waals surface area (Å²) in [5.41, 5.74) is 2.12. The number of fused-ring (bicyclic) bond motifs is 1. The van der Waals surface area contributed by atoms with Gasteiger partial charge in [0.15, 0.2) is 0 Å². The van der Waals surface area contributed by atoms with Crippen LogP contribution in [0.5, 0.6) is 0 Å². The van der Waals surface area contributed by atoms with Gasteiger partial charge in [-0.05, 0) is 41.9 Å². The molecule has 1 aliphatic heterocycles. The van der Waals surface area contributed by atoms with E-state index in [-0.39, 0.29) is 35.5 Å². The average molecular weight is 368 g/mol. The smallest absolute Gasteiger partial charge is 0.238 e. The number of allylic oxidation sites excluding steroid dienone is 2. The third-order valence-electron chi connectivity index (χ3n) is 6.51. The Balaban J connectivity index is 1.59. The van der Waals surface area contributed by atoms with Crippen molar-refractivity contribution in [2.75, 3.05) is 4.90 Å². The normalized spacial score (nSPS) is 28.9. The van der Waals surface area contributed by atoms with Gasteiger partial charge in [0.1, 0.15) is 0 Å². The van der Waals surface area contributed by atoms with Crippen LogP contribution >= 0.6 is 0 Å². The second-order valence-electron chi connectivity index (χ2n) is 7.89. The molecule has 5 unspecified atom stereocenters. The van der Waals surface area contributed by atoms with E-state index in [0.717, 1.165) is 18.4 Å². The fourth-order valence-electron chi connectivity index (χ4n) is 5.22. The van der Waals surface area contributed by atoms with Crippen LogP contribution in [0.1, 0.15) is 29.9 Å². The number of para-hydroxylation sites is 1. The summed E-state index contributed by atoms with van der Waals surface area (Å²) in [6.07, 6.45) is 6.19. The lowest BCUT2D eigenvalue weighted by Crippen LogP contribution is -2.38. The maximum absolute atomic E-state index is 13.3. The summed E-state index contributed by atoms with van der Waals surface area (Å²) >= 11 is 0. The lowest BCUT2D eigenvalue weighted by Gasteiger charge is -2.38. The Labute approximate surface area is 164 Å². The number of amides is 2. The molecule has 1 heterocycles. The minimum atomic E-state index is -0.532. The molecule has 4 heteroatoms. The number of hydrogen-bond acceptors (Lipinski definition) is 3. The minimum absolute atomic E-state index is 0.105. The van der Waals surface area contributed by atoms with Gasteiger partial charge in [-0.3, -0.25) is 9.59 Å². The van der Waals surface area contributed by atoms with Crippen molar-refractivity contribution in [2.24, 2.45) is 23.7 Å². The van der Waals surface area contributed by atoms with Crippen LogP contribution in [0.2, 0.25) is 0 Å². The van der Waals surface area contributed by atoms with E-state index in [1.807, 2.05) is 48.5 Å². The Morgan fingerprint density at radius 2 is 1.43 bits per heavy atom. The van der Waals surface area contributed by atoms with E-state index < -0.39 is 5.92 Å². The first-order valence-electron chi connectivity index (χ1n) is 9.80. The molecule has 1 saturated carbocycles. The highest BCUT2D eigenvalue weighted by molar-refractivity contribution is 6.23. The summed E-state index contributed by atoms with van der Waals surface area (Å²) in [6.45, 7) is 0. The third kappa shape index (κ3) is 2.36. The van der Waals surface area contributed by atoms with Crippen molar-refractivity contribution in [1.29, 1.82) is 5.26 Å². The van der Waals surface area contributed by atoms with Crippen molar-refractivity contribution in [1.82, 2.24) is 0 Å². The number of imide groups is 1. The van der Waals surface area contributed by atoms with Gasteiger partial charge in [0, 0.05) is 0 Å². The molecule has 0 N–H and O–H groups in total. The molecule has 3 aliphatic carbocycles. The Morgan fingerprint density at radius 1 is 0.857 bits per heavy atom. The number of carbonyl (C=O) groups excluding carboxylic acids is 2. The van der Waals surface area contributed by atoms with E-state index in [1.165, 1.54) is 4.90 Å². The fraction of sp³-hybridized carbons (Fsp3) is 0.292. The lowest BCUT2D eigenvalue weighted by molar-refractivity contribution is -0.124. The monoisotopic (exact) mass is 368 g/mol. The zero-order valence-corrected chi connectivity index (χ0v) is 15.4. The molecule has 0 radical (unpaired) electrons. The van der Waals surface area contributed by atoms with Crippen LogP contribution in [-0.2, 0) is 9.59 Å². The predicted octanol–water partition coefficient (Wildman–Crippen LogP) is 4.04. The predicted molar refractivity (Wildman–Crippen MR) is 105 cm³/mol. The fourth-order valence-corrected chi connectivity index (χ4v) is 5.22. The molecule has 4 aliphatic rings. The molecule has 5 atom stereocenters. The Hall–Kier alpha value is -3.19. The first-order chi connectivity index (χ1) is 13.7. The molecule has 0 spiro atoms. The van der Waals surface area contributed by atoms with E-state index >= 15 is 0 Å². The van der Waals surface area contributed by atoms with Gasteiger partial charge in [0.05, 0.1) is 29.5 Å². The SMILES string of the molecule is N#CC(c1ccccc1)c1ccccc1N1C(=O)C2C3C=CC(CC3)C2C1=O. The number of nitriles is 1. The molecule has 2 amide bonds. The summed E-state index contributed by atoms with van der Waals surface area (Å²) in [5.74, 6) is -0.926. The van der Waals surface area contributed by atoms with Crippen molar-refractivity contribution < 1.29 is 9.59 Å². The van der Waals surface area contributed by atoms with Gasteiger partial charge in [0.2, 0.25) is 11.8 Å². The molecule has 2 aromatic carbocycles. The number of anilines is 1. The number of carbonyl (C=O) groups is 2. The van der Waals surface area contributed by atoms with Crippen molar-refractivity contribution in [3.05, 3.63) is 77.9 Å². The molecule has 2 aromatic rings. The maximum atomic E-state index is 13.3. The lowest BCUT2D eigenvalue weighted by atomic mass is 9.63. The van der Waals surface area contributed by atoms with Gasteiger partial charge in [-0.15, -0.1) is 0 Å². The summed E-state index contributed by atoms with van der Waals surface area (Å²) in [7, 11) is 0. The van der Waals surface area contributed by atoms with Gasteiger partial charge in [-0.2, -0.15) is 5.26 Å². The molecule has 138 valence electrons. The van der Waals surface area contributed by atoms with E-state index in [9.17, 15) is 14.9 Å². The summed E-state index contributed by atoms with van der Waals surface area (Å²) in [6, 6.07) is 19.2. The van der Waals surface area contributed by atoms with E-state index in [4.69, 9.17) is 0 Å². The summed E-state index contributed by atoms with van der Waals surface area (Å²) < 4.78 is 0. The quantitative estimate of drug-likeness (QED) is 0.607. The van der Waals surface area contributed by atoms with Crippen LogP contribution in [-0.4, -0.2) is 11.8 Å². The Kier molecular flexibility index (Phi) is 3.91. The van der Waals surface area contributed by atoms with Crippen molar-refractivity contribution >= 4 is 17.5 Å². The van der Waals surface area contributed by atoms with Crippen molar-refractivity contribution in [2.45, 2.75) is 18.8 Å². The van der Waals surface area contributed by atoms with Crippen molar-refractivity contribution in [3.8, 4) is 6.07 Å².